The lowest BCUT2D eigenvalue weighted by atomic mass is 10.1. The third kappa shape index (κ3) is 3.76. The Bertz CT molecular complexity index is 1250. The molecule has 0 radical (unpaired) electrons. The van der Waals surface area contributed by atoms with E-state index >= 15 is 0 Å². The van der Waals surface area contributed by atoms with Gasteiger partial charge in [0.05, 0.1) is 11.7 Å². The average Bonchev–Trinajstić information content (AvgIpc) is 3.25. The van der Waals surface area contributed by atoms with Gasteiger partial charge < -0.3 is 14.3 Å². The standard InChI is InChI=1S/C23H16N2O5S/c1-24-20(26)18(21(27)25(23(24)31)16-8-3-2-4-9-16)13-17-10-11-19(30-17)14-6-5-7-15(12-14)22(28)29/h2-13H,1H3,(H,28,29)/p-1/b18-13+. The summed E-state index contributed by atoms with van der Waals surface area (Å²) in [4.78, 5) is 39.4. The van der Waals surface area contributed by atoms with Crippen LogP contribution in [0, 0.1) is 0 Å². The molecule has 0 unspecified atom stereocenters. The average molecular weight is 431 g/mol. The zero-order valence-corrected chi connectivity index (χ0v) is 17.1. The number of furan rings is 1. The van der Waals surface area contributed by atoms with E-state index in [1.807, 2.05) is 6.07 Å². The van der Waals surface area contributed by atoms with Crippen molar-refractivity contribution in [2.45, 2.75) is 0 Å². The van der Waals surface area contributed by atoms with Crippen LogP contribution in [0.25, 0.3) is 17.4 Å². The van der Waals surface area contributed by atoms with Gasteiger partial charge in [-0.05, 0) is 54.2 Å². The number of para-hydroxylation sites is 1. The van der Waals surface area contributed by atoms with Crippen LogP contribution in [-0.2, 0) is 9.59 Å². The molecule has 4 rings (SSSR count). The van der Waals surface area contributed by atoms with E-state index < -0.39 is 17.8 Å². The minimum Gasteiger partial charge on any atom is -0.545 e. The van der Waals surface area contributed by atoms with Gasteiger partial charge in [-0.25, -0.2) is 0 Å². The van der Waals surface area contributed by atoms with Crippen LogP contribution in [0.15, 0.2) is 76.7 Å². The van der Waals surface area contributed by atoms with Crippen LogP contribution in [0.4, 0.5) is 5.69 Å². The molecule has 1 fully saturated rings. The number of aromatic carboxylic acids is 1. The topological polar surface area (TPSA) is 93.9 Å². The minimum absolute atomic E-state index is 0.0140. The van der Waals surface area contributed by atoms with Crippen molar-refractivity contribution in [3.05, 3.63) is 83.6 Å². The largest absolute Gasteiger partial charge is 0.545 e. The number of benzene rings is 2. The molecule has 2 aromatic carbocycles. The molecule has 3 aromatic rings. The van der Waals surface area contributed by atoms with E-state index in [1.165, 1.54) is 35.1 Å². The lowest BCUT2D eigenvalue weighted by molar-refractivity contribution is -0.255. The van der Waals surface area contributed by atoms with Crippen molar-refractivity contribution < 1.29 is 23.9 Å². The summed E-state index contributed by atoms with van der Waals surface area (Å²) in [6, 6.07) is 18.1. The van der Waals surface area contributed by atoms with Gasteiger partial charge in [0, 0.05) is 12.6 Å². The number of amides is 2. The summed E-state index contributed by atoms with van der Waals surface area (Å²) in [6.45, 7) is 0. The quantitative estimate of drug-likeness (QED) is 0.358. The Hall–Kier alpha value is -4.04. The fraction of sp³-hybridized carbons (Fsp3) is 0.0435. The van der Waals surface area contributed by atoms with Crippen molar-refractivity contribution in [2.75, 3.05) is 11.9 Å². The highest BCUT2D eigenvalue weighted by Crippen LogP contribution is 2.28. The van der Waals surface area contributed by atoms with E-state index in [0.29, 0.717) is 17.0 Å². The number of carboxylic acids is 1. The number of nitrogens with zero attached hydrogens (tertiary/aromatic N) is 2. The molecule has 0 spiro atoms. The van der Waals surface area contributed by atoms with Crippen molar-refractivity contribution in [3.8, 4) is 11.3 Å². The molecular weight excluding hydrogens is 416 g/mol. The van der Waals surface area contributed by atoms with Crippen LogP contribution in [0.2, 0.25) is 0 Å². The molecule has 8 heteroatoms. The van der Waals surface area contributed by atoms with E-state index in [0.717, 1.165) is 0 Å². The predicted octanol–water partition coefficient (Wildman–Crippen LogP) is 2.48. The Balaban J connectivity index is 1.70. The van der Waals surface area contributed by atoms with Crippen LogP contribution in [-0.4, -0.2) is 34.8 Å². The highest BCUT2D eigenvalue weighted by Gasteiger charge is 2.38. The number of carbonyl (C=O) groups excluding carboxylic acids is 3. The maximum Gasteiger partial charge on any atom is 0.270 e. The summed E-state index contributed by atoms with van der Waals surface area (Å²) in [6.07, 6.45) is 1.35. The van der Waals surface area contributed by atoms with E-state index in [4.69, 9.17) is 16.6 Å². The van der Waals surface area contributed by atoms with Gasteiger partial charge in [0.2, 0.25) is 0 Å². The zero-order valence-electron chi connectivity index (χ0n) is 16.3. The second-order valence-corrected chi connectivity index (χ2v) is 7.12. The van der Waals surface area contributed by atoms with E-state index in [1.54, 1.807) is 48.5 Å². The van der Waals surface area contributed by atoms with Crippen LogP contribution >= 0.6 is 12.2 Å². The summed E-state index contributed by atoms with van der Waals surface area (Å²) < 4.78 is 5.74. The molecule has 0 saturated carbocycles. The molecule has 1 aliphatic rings. The van der Waals surface area contributed by atoms with Crippen molar-refractivity contribution >= 4 is 46.9 Å². The van der Waals surface area contributed by atoms with Crippen molar-refractivity contribution in [1.29, 1.82) is 0 Å². The molecule has 0 aliphatic carbocycles. The third-order valence-electron chi connectivity index (χ3n) is 4.76. The zero-order chi connectivity index (χ0) is 22.1. The first-order chi connectivity index (χ1) is 14.9. The predicted molar refractivity (Wildman–Crippen MR) is 116 cm³/mol. The SMILES string of the molecule is CN1C(=O)/C(=C\c2ccc(-c3cccc(C(=O)[O-])c3)o2)C(=O)N(c2ccccc2)C1=S. The van der Waals surface area contributed by atoms with Gasteiger partial charge in [0.25, 0.3) is 11.8 Å². The monoisotopic (exact) mass is 431 g/mol. The Kier molecular flexibility index (Phi) is 5.22. The normalized spacial score (nSPS) is 15.6. The van der Waals surface area contributed by atoms with Crippen LogP contribution in [0.1, 0.15) is 16.1 Å². The van der Waals surface area contributed by atoms with Gasteiger partial charge in [-0.2, -0.15) is 0 Å². The van der Waals surface area contributed by atoms with Crippen molar-refractivity contribution in [2.24, 2.45) is 0 Å². The Morgan fingerprint density at radius 1 is 1.00 bits per heavy atom. The maximum absolute atomic E-state index is 13.1. The third-order valence-corrected chi connectivity index (χ3v) is 5.21. The molecule has 0 bridgehead atoms. The number of likely N-dealkylation sites (N-methyl/N-ethyl adjacent to an activating group) is 1. The molecule has 2 heterocycles. The Morgan fingerprint density at radius 3 is 2.45 bits per heavy atom. The van der Waals surface area contributed by atoms with Gasteiger partial charge >= 0.3 is 0 Å². The number of hydrogen-bond donors (Lipinski definition) is 0. The number of carbonyl (C=O) groups is 3. The maximum atomic E-state index is 13.1. The molecule has 1 aromatic heterocycles. The molecular formula is C23H15N2O5S-. The minimum atomic E-state index is -1.30. The summed E-state index contributed by atoms with van der Waals surface area (Å²) in [5, 5.41) is 11.2. The van der Waals surface area contributed by atoms with Crippen LogP contribution in [0.5, 0.6) is 0 Å². The molecule has 31 heavy (non-hydrogen) atoms. The molecule has 0 N–H and O–H groups in total. The van der Waals surface area contributed by atoms with Crippen molar-refractivity contribution in [3.63, 3.8) is 0 Å². The first-order valence-electron chi connectivity index (χ1n) is 9.21. The lowest BCUT2D eigenvalue weighted by Gasteiger charge is -2.34. The smallest absolute Gasteiger partial charge is 0.270 e. The second kappa shape index (κ2) is 8.00. The Labute approximate surface area is 182 Å². The van der Waals surface area contributed by atoms with Crippen LogP contribution in [0.3, 0.4) is 0 Å². The van der Waals surface area contributed by atoms with Gasteiger partial charge in [0.15, 0.2) is 5.11 Å². The molecule has 1 aliphatic heterocycles. The van der Waals surface area contributed by atoms with Gasteiger partial charge in [-0.1, -0.05) is 36.4 Å². The number of carboxylic acid groups (broad SMARTS) is 1. The number of thiocarbonyl (C=S) groups is 1. The fourth-order valence-corrected chi connectivity index (χ4v) is 3.44. The van der Waals surface area contributed by atoms with E-state index in [2.05, 4.69) is 0 Å². The molecule has 2 amide bonds. The molecule has 1 saturated heterocycles. The summed E-state index contributed by atoms with van der Waals surface area (Å²) in [5.74, 6) is -1.75. The number of anilines is 1. The van der Waals surface area contributed by atoms with Gasteiger partial charge in [0.1, 0.15) is 17.1 Å². The molecule has 7 nitrogen and oxygen atoms in total. The van der Waals surface area contributed by atoms with Crippen molar-refractivity contribution in [1.82, 2.24) is 4.90 Å². The first kappa shape index (κ1) is 20.2. The lowest BCUT2D eigenvalue weighted by Crippen LogP contribution is -2.54. The van der Waals surface area contributed by atoms with Crippen LogP contribution < -0.4 is 10.0 Å². The summed E-state index contributed by atoms with van der Waals surface area (Å²) >= 11 is 5.31. The summed E-state index contributed by atoms with van der Waals surface area (Å²) in [5.41, 5.74) is 0.975. The highest BCUT2D eigenvalue weighted by atomic mass is 32.1. The fourth-order valence-electron chi connectivity index (χ4n) is 3.17. The first-order valence-corrected chi connectivity index (χ1v) is 9.62. The Morgan fingerprint density at radius 2 is 1.74 bits per heavy atom. The van der Waals surface area contributed by atoms with Gasteiger partial charge in [-0.3, -0.25) is 19.4 Å². The molecule has 0 atom stereocenters. The second-order valence-electron chi connectivity index (χ2n) is 6.75. The summed E-state index contributed by atoms with van der Waals surface area (Å²) in [7, 11) is 1.50. The van der Waals surface area contributed by atoms with Gasteiger partial charge in [-0.15, -0.1) is 0 Å². The van der Waals surface area contributed by atoms with E-state index in [9.17, 15) is 19.5 Å². The number of rotatable bonds is 4. The number of hydrogen-bond acceptors (Lipinski definition) is 6. The highest BCUT2D eigenvalue weighted by molar-refractivity contribution is 7.80. The van der Waals surface area contributed by atoms with E-state index in [-0.39, 0.29) is 22.0 Å². The molecule has 154 valence electrons.